The Bertz CT molecular complexity index is 805. The van der Waals surface area contributed by atoms with Gasteiger partial charge in [0.1, 0.15) is 5.15 Å². The summed E-state index contributed by atoms with van der Waals surface area (Å²) < 4.78 is 14.4. The molecule has 0 bridgehead atoms. The highest BCUT2D eigenvalue weighted by molar-refractivity contribution is 7.34. The average Bonchev–Trinajstić information content (AvgIpc) is 2.51. The normalized spacial score (nSPS) is 13.6. The molecule has 6 nitrogen and oxygen atoms in total. The second kappa shape index (κ2) is 8.09. The van der Waals surface area contributed by atoms with Crippen molar-refractivity contribution in [1.82, 2.24) is 4.98 Å². The Hall–Kier alpha value is -1.75. The number of benzene rings is 1. The van der Waals surface area contributed by atoms with Crippen molar-refractivity contribution in [2.45, 2.75) is 33.7 Å². The van der Waals surface area contributed by atoms with Gasteiger partial charge in [-0.2, -0.15) is 0 Å². The lowest BCUT2D eigenvalue weighted by Crippen LogP contribution is -2.24. The SMILES string of the molecule is C[C@H](N=[P+]([O-])Oc1cccc2nc(Cl)ccc12)C(=O)OCC(C)(C)C. The molecule has 0 radical (unpaired) electrons. The van der Waals surface area contributed by atoms with E-state index in [-0.39, 0.29) is 12.0 Å². The molecule has 2 aromatic rings. The predicted octanol–water partition coefficient (Wildman–Crippen LogP) is 4.10. The third-order valence-electron chi connectivity index (χ3n) is 3.09. The molecule has 1 aromatic heterocycles. The Balaban J connectivity index is 2.09. The van der Waals surface area contributed by atoms with Gasteiger partial charge in [0.25, 0.3) is 0 Å². The summed E-state index contributed by atoms with van der Waals surface area (Å²) in [6, 6.07) is 7.60. The summed E-state index contributed by atoms with van der Waals surface area (Å²) in [6.45, 7) is 7.64. The lowest BCUT2D eigenvalue weighted by molar-refractivity contribution is -0.169. The van der Waals surface area contributed by atoms with Crippen molar-refractivity contribution in [2.75, 3.05) is 6.61 Å². The molecule has 0 aliphatic carbocycles. The maximum absolute atomic E-state index is 12.1. The molecule has 0 aliphatic rings. The number of carbonyl (C=O) groups is 1. The minimum atomic E-state index is -2.43. The summed E-state index contributed by atoms with van der Waals surface area (Å²) in [5.74, 6) is -0.171. The van der Waals surface area contributed by atoms with E-state index < -0.39 is 20.2 Å². The number of rotatable bonds is 5. The smallest absolute Gasteiger partial charge is 0.395 e. The molecule has 1 unspecified atom stereocenters. The van der Waals surface area contributed by atoms with Crippen molar-refractivity contribution in [3.63, 3.8) is 0 Å². The Kier molecular flexibility index (Phi) is 6.33. The largest absolute Gasteiger partial charge is 0.575 e. The molecule has 0 spiro atoms. The van der Waals surface area contributed by atoms with Crippen LogP contribution in [0, 0.1) is 5.41 Å². The van der Waals surface area contributed by atoms with Crippen LogP contribution in [0.5, 0.6) is 5.75 Å². The first-order valence-corrected chi connectivity index (χ1v) is 9.24. The van der Waals surface area contributed by atoms with Crippen molar-refractivity contribution >= 4 is 36.6 Å². The Morgan fingerprint density at radius 1 is 1.36 bits per heavy atom. The van der Waals surface area contributed by atoms with E-state index in [2.05, 4.69) is 9.73 Å². The first-order chi connectivity index (χ1) is 11.7. The van der Waals surface area contributed by atoms with Crippen LogP contribution >= 0.6 is 19.8 Å². The molecular formula is C17H20ClN2O4P. The van der Waals surface area contributed by atoms with Gasteiger partial charge in [0, 0.05) is 5.39 Å². The molecule has 1 aromatic carbocycles. The van der Waals surface area contributed by atoms with Crippen molar-refractivity contribution in [3.8, 4) is 5.75 Å². The molecule has 8 heteroatoms. The van der Waals surface area contributed by atoms with Gasteiger partial charge in [0.15, 0.2) is 11.8 Å². The van der Waals surface area contributed by atoms with Crippen LogP contribution in [0.15, 0.2) is 35.1 Å². The zero-order valence-electron chi connectivity index (χ0n) is 14.5. The monoisotopic (exact) mass is 382 g/mol. The van der Waals surface area contributed by atoms with Gasteiger partial charge in [-0.05, 0) is 36.6 Å². The number of halogens is 1. The molecule has 134 valence electrons. The van der Waals surface area contributed by atoms with Crippen molar-refractivity contribution in [3.05, 3.63) is 35.5 Å². The minimum absolute atomic E-state index is 0.148. The topological polar surface area (TPSA) is 83.8 Å². The fourth-order valence-corrected chi connectivity index (χ4v) is 2.79. The Labute approximate surface area is 152 Å². The fourth-order valence-electron chi connectivity index (χ4n) is 1.89. The first-order valence-electron chi connectivity index (χ1n) is 7.73. The van der Waals surface area contributed by atoms with Crippen LogP contribution < -0.4 is 9.42 Å². The molecule has 2 rings (SSSR count). The van der Waals surface area contributed by atoms with E-state index in [1.165, 1.54) is 6.92 Å². The molecule has 0 N–H and O–H groups in total. The summed E-state index contributed by atoms with van der Waals surface area (Å²) in [4.78, 5) is 28.2. The van der Waals surface area contributed by atoms with E-state index >= 15 is 0 Å². The van der Waals surface area contributed by atoms with Gasteiger partial charge in [0.2, 0.25) is 0 Å². The molecule has 0 amide bonds. The molecule has 25 heavy (non-hydrogen) atoms. The van der Waals surface area contributed by atoms with Crippen LogP contribution in [0.2, 0.25) is 5.15 Å². The number of hydrogen-bond donors (Lipinski definition) is 0. The third-order valence-corrected chi connectivity index (χ3v) is 4.19. The standard InChI is InChI=1S/C17H20ClN2O4P/c1-11(16(21)23-10-17(2,3)4)20-25(22)24-14-7-5-6-13-12(14)8-9-15(18)19-13/h5-9,11H,10H2,1-4H3/t11-/m0/s1. The molecule has 0 aliphatic heterocycles. The van der Waals surface area contributed by atoms with Gasteiger partial charge in [-0.1, -0.05) is 43.2 Å². The van der Waals surface area contributed by atoms with E-state index in [0.717, 1.165) is 0 Å². The second-order valence-electron chi connectivity index (χ2n) is 6.75. The maximum Gasteiger partial charge on any atom is 0.395 e. The third kappa shape index (κ3) is 5.92. The van der Waals surface area contributed by atoms with Crippen molar-refractivity contribution < 1.29 is 18.9 Å². The van der Waals surface area contributed by atoms with Crippen molar-refractivity contribution in [1.29, 1.82) is 0 Å². The quantitative estimate of drug-likeness (QED) is 0.441. The Morgan fingerprint density at radius 3 is 2.76 bits per heavy atom. The summed E-state index contributed by atoms with van der Waals surface area (Å²) in [7, 11) is -2.43. The van der Waals surface area contributed by atoms with E-state index in [1.807, 2.05) is 20.8 Å². The number of esters is 1. The molecule has 2 atom stereocenters. The van der Waals surface area contributed by atoms with Gasteiger partial charge in [-0.15, -0.1) is 0 Å². The zero-order valence-corrected chi connectivity index (χ0v) is 16.2. The highest BCUT2D eigenvalue weighted by Crippen LogP contribution is 2.31. The molecule has 0 fully saturated rings. The summed E-state index contributed by atoms with van der Waals surface area (Å²) in [6.07, 6.45) is 0. The van der Waals surface area contributed by atoms with Gasteiger partial charge < -0.3 is 9.63 Å². The number of fused-ring (bicyclic) bond motifs is 1. The van der Waals surface area contributed by atoms with Gasteiger partial charge in [-0.25, -0.2) is 9.78 Å². The summed E-state index contributed by atoms with van der Waals surface area (Å²) in [5, 5.41) is 1.02. The summed E-state index contributed by atoms with van der Waals surface area (Å²) in [5.41, 5.74) is 0.469. The van der Waals surface area contributed by atoms with Crippen LogP contribution in [0.25, 0.3) is 10.9 Å². The van der Waals surface area contributed by atoms with Crippen LogP contribution in [-0.2, 0) is 9.53 Å². The minimum Gasteiger partial charge on any atom is -0.575 e. The fraction of sp³-hybridized carbons (Fsp3) is 0.412. The van der Waals surface area contributed by atoms with E-state index in [1.54, 1.807) is 30.3 Å². The van der Waals surface area contributed by atoms with Crippen LogP contribution in [0.3, 0.4) is 0 Å². The number of hydrogen-bond acceptors (Lipinski definition) is 6. The first kappa shape index (κ1) is 19.6. The van der Waals surface area contributed by atoms with Crippen LogP contribution in [0.1, 0.15) is 27.7 Å². The second-order valence-corrected chi connectivity index (χ2v) is 8.02. The molecule has 0 saturated carbocycles. The molecule has 1 heterocycles. The van der Waals surface area contributed by atoms with Gasteiger partial charge >= 0.3 is 14.1 Å². The van der Waals surface area contributed by atoms with Gasteiger partial charge in [-0.3, -0.25) is 4.52 Å². The van der Waals surface area contributed by atoms with E-state index in [9.17, 15) is 9.69 Å². The predicted molar refractivity (Wildman–Crippen MR) is 96.6 cm³/mol. The molecule has 0 saturated heterocycles. The number of nitrogens with zero attached hydrogens (tertiary/aromatic N) is 2. The van der Waals surface area contributed by atoms with E-state index in [0.29, 0.717) is 21.8 Å². The van der Waals surface area contributed by atoms with Gasteiger partial charge in [0.05, 0.1) is 12.1 Å². The summed E-state index contributed by atoms with van der Waals surface area (Å²) >= 11 is 5.86. The number of aromatic nitrogens is 1. The molecular weight excluding hydrogens is 363 g/mol. The lowest BCUT2D eigenvalue weighted by atomic mass is 9.99. The maximum atomic E-state index is 12.1. The average molecular weight is 383 g/mol. The zero-order chi connectivity index (χ0) is 18.6. The highest BCUT2D eigenvalue weighted by atomic mass is 35.5. The number of carbonyl (C=O) groups excluding carboxylic acids is 1. The van der Waals surface area contributed by atoms with Crippen LogP contribution in [-0.4, -0.2) is 23.6 Å². The lowest BCUT2D eigenvalue weighted by Gasteiger charge is -2.18. The number of ether oxygens (including phenoxy) is 1. The number of pyridine rings is 1. The highest BCUT2D eigenvalue weighted by Gasteiger charge is 2.21. The Morgan fingerprint density at radius 2 is 2.08 bits per heavy atom. The van der Waals surface area contributed by atoms with E-state index in [4.69, 9.17) is 20.9 Å². The van der Waals surface area contributed by atoms with Crippen molar-refractivity contribution in [2.24, 2.45) is 10.2 Å². The van der Waals surface area contributed by atoms with Crippen LogP contribution in [0.4, 0.5) is 0 Å².